The van der Waals surface area contributed by atoms with Crippen molar-refractivity contribution in [2.24, 2.45) is 0 Å². The smallest absolute Gasteiger partial charge is 0.172 e. The second kappa shape index (κ2) is 5.56. The first-order valence-corrected chi connectivity index (χ1v) is 5.84. The zero-order valence-electron chi connectivity index (χ0n) is 11.1. The molecule has 0 atom stereocenters. The lowest BCUT2D eigenvalue weighted by atomic mass is 10.2. The number of para-hydroxylation sites is 1. The number of carbonyl (C=O) groups excluding carboxylic acids is 1. The molecule has 0 fully saturated rings. The maximum absolute atomic E-state index is 11.0. The molecule has 5 nitrogen and oxygen atoms in total. The molecule has 0 saturated heterocycles. The summed E-state index contributed by atoms with van der Waals surface area (Å²) in [6.45, 7) is 3.95. The van der Waals surface area contributed by atoms with Crippen molar-refractivity contribution in [2.45, 2.75) is 20.5 Å². The maximum Gasteiger partial charge on any atom is 0.172 e. The summed E-state index contributed by atoms with van der Waals surface area (Å²) in [5.41, 5.74) is 2.11. The monoisotopic (exact) mass is 261 g/mol. The van der Waals surface area contributed by atoms with Gasteiger partial charge in [-0.25, -0.2) is 0 Å². The highest BCUT2D eigenvalue weighted by molar-refractivity contribution is 5.81. The minimum atomic E-state index is 0.280. The first-order chi connectivity index (χ1) is 9.17. The fourth-order valence-electron chi connectivity index (χ4n) is 1.79. The van der Waals surface area contributed by atoms with Crippen LogP contribution in [0.1, 0.15) is 27.4 Å². The maximum atomic E-state index is 11.0. The molecule has 0 amide bonds. The standard InChI is InChI=1S/C14H15NO4/c1-9-12(10(2)19-15-9)8-18-14-11(7-16)5-4-6-13(14)17-3/h4-7H,8H2,1-3H3. The third kappa shape index (κ3) is 2.59. The Morgan fingerprint density at radius 1 is 1.37 bits per heavy atom. The lowest BCUT2D eigenvalue weighted by Gasteiger charge is -2.12. The highest BCUT2D eigenvalue weighted by Crippen LogP contribution is 2.31. The van der Waals surface area contributed by atoms with Crippen molar-refractivity contribution in [3.05, 3.63) is 40.8 Å². The molecule has 1 aromatic carbocycles. The van der Waals surface area contributed by atoms with Crippen LogP contribution in [0.4, 0.5) is 0 Å². The van der Waals surface area contributed by atoms with Crippen molar-refractivity contribution < 1.29 is 18.8 Å². The van der Waals surface area contributed by atoms with E-state index < -0.39 is 0 Å². The quantitative estimate of drug-likeness (QED) is 0.774. The largest absolute Gasteiger partial charge is 0.493 e. The number of aldehydes is 1. The van der Waals surface area contributed by atoms with Crippen LogP contribution in [-0.2, 0) is 6.61 Å². The molecule has 100 valence electrons. The minimum Gasteiger partial charge on any atom is -0.493 e. The molecule has 19 heavy (non-hydrogen) atoms. The van der Waals surface area contributed by atoms with Gasteiger partial charge < -0.3 is 14.0 Å². The first-order valence-electron chi connectivity index (χ1n) is 5.84. The van der Waals surface area contributed by atoms with Crippen molar-refractivity contribution in [3.8, 4) is 11.5 Å². The fourth-order valence-corrected chi connectivity index (χ4v) is 1.79. The van der Waals surface area contributed by atoms with Crippen LogP contribution in [0.15, 0.2) is 22.7 Å². The van der Waals surface area contributed by atoms with Gasteiger partial charge >= 0.3 is 0 Å². The number of benzene rings is 1. The number of methoxy groups -OCH3 is 1. The molecule has 0 aliphatic carbocycles. The van der Waals surface area contributed by atoms with Crippen molar-refractivity contribution >= 4 is 6.29 Å². The van der Waals surface area contributed by atoms with Gasteiger partial charge in [0, 0.05) is 0 Å². The van der Waals surface area contributed by atoms with Crippen molar-refractivity contribution in [2.75, 3.05) is 7.11 Å². The van der Waals surface area contributed by atoms with E-state index in [1.807, 2.05) is 13.8 Å². The molecule has 0 radical (unpaired) electrons. The molecule has 0 spiro atoms. The summed E-state index contributed by atoms with van der Waals surface area (Å²) in [7, 11) is 1.53. The van der Waals surface area contributed by atoms with Crippen LogP contribution in [0.3, 0.4) is 0 Å². The third-order valence-electron chi connectivity index (χ3n) is 2.90. The molecule has 0 saturated carbocycles. The molecule has 5 heteroatoms. The van der Waals surface area contributed by atoms with Gasteiger partial charge in [0.1, 0.15) is 12.4 Å². The van der Waals surface area contributed by atoms with Crippen molar-refractivity contribution in [1.82, 2.24) is 5.16 Å². The van der Waals surface area contributed by atoms with E-state index in [-0.39, 0.29) is 6.61 Å². The van der Waals surface area contributed by atoms with Gasteiger partial charge in [-0.15, -0.1) is 0 Å². The fraction of sp³-hybridized carbons (Fsp3) is 0.286. The Hall–Kier alpha value is -2.30. The SMILES string of the molecule is COc1cccc(C=O)c1OCc1c(C)noc1C. The molecule has 0 aliphatic rings. The molecule has 2 rings (SSSR count). The summed E-state index contributed by atoms with van der Waals surface area (Å²) < 4.78 is 16.0. The van der Waals surface area contributed by atoms with Crippen LogP contribution in [0.5, 0.6) is 11.5 Å². The van der Waals surface area contributed by atoms with E-state index in [0.717, 1.165) is 17.5 Å². The zero-order valence-corrected chi connectivity index (χ0v) is 11.1. The van der Waals surface area contributed by atoms with Gasteiger partial charge in [0.2, 0.25) is 0 Å². The summed E-state index contributed by atoms with van der Waals surface area (Å²) in [6, 6.07) is 5.17. The Morgan fingerprint density at radius 3 is 2.74 bits per heavy atom. The Morgan fingerprint density at radius 2 is 2.16 bits per heavy atom. The van der Waals surface area contributed by atoms with Crippen molar-refractivity contribution in [3.63, 3.8) is 0 Å². The van der Waals surface area contributed by atoms with E-state index in [2.05, 4.69) is 5.16 Å². The number of aromatic nitrogens is 1. The van der Waals surface area contributed by atoms with Crippen molar-refractivity contribution in [1.29, 1.82) is 0 Å². The number of hydrogen-bond acceptors (Lipinski definition) is 5. The second-order valence-corrected chi connectivity index (χ2v) is 4.09. The summed E-state index contributed by atoms with van der Waals surface area (Å²) in [4.78, 5) is 11.0. The van der Waals surface area contributed by atoms with Crippen LogP contribution in [0, 0.1) is 13.8 Å². The summed E-state index contributed by atoms with van der Waals surface area (Å²) in [5.74, 6) is 1.66. The Balaban J connectivity index is 2.26. The van der Waals surface area contributed by atoms with Gasteiger partial charge in [-0.2, -0.15) is 0 Å². The van der Waals surface area contributed by atoms with Crippen LogP contribution in [-0.4, -0.2) is 18.6 Å². The number of hydrogen-bond donors (Lipinski definition) is 0. The molecule has 0 bridgehead atoms. The van der Waals surface area contributed by atoms with Gasteiger partial charge in [-0.3, -0.25) is 4.79 Å². The first kappa shape index (κ1) is 13.1. The van der Waals surface area contributed by atoms with Gasteiger partial charge in [0.25, 0.3) is 0 Å². The molecule has 0 unspecified atom stereocenters. The van der Waals surface area contributed by atoms with E-state index in [0.29, 0.717) is 22.8 Å². The van der Waals surface area contributed by atoms with Gasteiger partial charge in [0.05, 0.1) is 23.9 Å². The lowest BCUT2D eigenvalue weighted by molar-refractivity contribution is 0.111. The van der Waals surface area contributed by atoms with E-state index in [4.69, 9.17) is 14.0 Å². The highest BCUT2D eigenvalue weighted by atomic mass is 16.5. The van der Waals surface area contributed by atoms with Crippen LogP contribution in [0.2, 0.25) is 0 Å². The van der Waals surface area contributed by atoms with Crippen LogP contribution >= 0.6 is 0 Å². The van der Waals surface area contributed by atoms with E-state index >= 15 is 0 Å². The Bertz CT molecular complexity index is 570. The third-order valence-corrected chi connectivity index (χ3v) is 2.90. The van der Waals surface area contributed by atoms with Gasteiger partial charge in [-0.1, -0.05) is 11.2 Å². The van der Waals surface area contributed by atoms with Crippen LogP contribution in [0.25, 0.3) is 0 Å². The predicted octanol–water partition coefficient (Wildman–Crippen LogP) is 2.69. The summed E-state index contributed by atoms with van der Waals surface area (Å²) >= 11 is 0. The highest BCUT2D eigenvalue weighted by Gasteiger charge is 2.14. The lowest BCUT2D eigenvalue weighted by Crippen LogP contribution is -2.02. The Labute approximate surface area is 111 Å². The normalized spacial score (nSPS) is 10.3. The zero-order chi connectivity index (χ0) is 13.8. The van der Waals surface area contributed by atoms with Gasteiger partial charge in [-0.05, 0) is 26.0 Å². The summed E-state index contributed by atoms with van der Waals surface area (Å²) in [5, 5.41) is 3.86. The van der Waals surface area contributed by atoms with Crippen LogP contribution < -0.4 is 9.47 Å². The number of carbonyl (C=O) groups is 1. The predicted molar refractivity (Wildman–Crippen MR) is 68.7 cm³/mol. The second-order valence-electron chi connectivity index (χ2n) is 4.09. The summed E-state index contributed by atoms with van der Waals surface area (Å²) in [6.07, 6.45) is 0.741. The van der Waals surface area contributed by atoms with E-state index in [1.54, 1.807) is 18.2 Å². The molecular weight excluding hydrogens is 246 g/mol. The molecule has 0 N–H and O–H groups in total. The number of aryl methyl sites for hydroxylation is 2. The topological polar surface area (TPSA) is 61.6 Å². The average molecular weight is 261 g/mol. The molecule has 1 heterocycles. The van der Waals surface area contributed by atoms with Gasteiger partial charge in [0.15, 0.2) is 17.8 Å². The van der Waals surface area contributed by atoms with E-state index in [9.17, 15) is 4.79 Å². The molecule has 1 aromatic heterocycles. The molecular formula is C14H15NO4. The van der Waals surface area contributed by atoms with E-state index in [1.165, 1.54) is 7.11 Å². The molecule has 0 aliphatic heterocycles. The Kier molecular flexibility index (Phi) is 3.85. The number of ether oxygens (including phenoxy) is 2. The minimum absolute atomic E-state index is 0.280. The number of rotatable bonds is 5. The average Bonchev–Trinajstić information content (AvgIpc) is 2.75. The molecule has 2 aromatic rings. The number of nitrogens with zero attached hydrogens (tertiary/aromatic N) is 1.